The van der Waals surface area contributed by atoms with Gasteiger partial charge in [0, 0.05) is 24.4 Å². The van der Waals surface area contributed by atoms with Gasteiger partial charge in [0.2, 0.25) is 0 Å². The lowest BCUT2D eigenvalue weighted by molar-refractivity contribution is 0.345. The van der Waals surface area contributed by atoms with Crippen LogP contribution in [0, 0.1) is 0 Å². The molecule has 0 aliphatic heterocycles. The zero-order valence-electron chi connectivity index (χ0n) is 6.27. The predicted molar refractivity (Wildman–Crippen MR) is 42.0 cm³/mol. The largest absolute Gasteiger partial charge is 0.327 e. The molecule has 2 N–H and O–H groups in total. The van der Waals surface area contributed by atoms with E-state index >= 15 is 0 Å². The van der Waals surface area contributed by atoms with Crippen molar-refractivity contribution in [3.63, 3.8) is 0 Å². The highest BCUT2D eigenvalue weighted by Crippen LogP contribution is 2.34. The van der Waals surface area contributed by atoms with Gasteiger partial charge < -0.3 is 5.73 Å². The first-order chi connectivity index (χ1) is 5.38. The van der Waals surface area contributed by atoms with Crippen molar-refractivity contribution < 1.29 is 0 Å². The Balaban J connectivity index is 2.17. The lowest BCUT2D eigenvalue weighted by atomic mass is 9.77. The summed E-state index contributed by atoms with van der Waals surface area (Å²) in [7, 11) is 0. The summed E-state index contributed by atoms with van der Waals surface area (Å²) in [5, 5.41) is 0. The fourth-order valence-corrected chi connectivity index (χ4v) is 1.44. The van der Waals surface area contributed by atoms with Gasteiger partial charge in [-0.25, -0.2) is 9.97 Å². The molecule has 11 heavy (non-hydrogen) atoms. The molecule has 0 aromatic carbocycles. The molecule has 0 spiro atoms. The predicted octanol–water partition coefficient (Wildman–Crippen LogP) is 0.681. The normalized spacial score (nSPS) is 29.5. The molecule has 0 bridgehead atoms. The van der Waals surface area contributed by atoms with Crippen molar-refractivity contribution >= 4 is 0 Å². The fraction of sp³-hybridized carbons (Fsp3) is 0.500. The van der Waals surface area contributed by atoms with Crippen molar-refractivity contribution in [1.29, 1.82) is 0 Å². The molecule has 1 fully saturated rings. The van der Waals surface area contributed by atoms with Gasteiger partial charge >= 0.3 is 0 Å². The van der Waals surface area contributed by atoms with Crippen molar-refractivity contribution in [1.82, 2.24) is 9.97 Å². The minimum Gasteiger partial charge on any atom is -0.327 e. The molecule has 3 heteroatoms. The number of hydrogen-bond donors (Lipinski definition) is 1. The van der Waals surface area contributed by atoms with E-state index in [0.29, 0.717) is 12.0 Å². The van der Waals surface area contributed by atoms with E-state index in [1.165, 1.54) is 12.0 Å². The molecule has 58 valence electrons. The van der Waals surface area contributed by atoms with E-state index in [1.54, 1.807) is 6.33 Å². The van der Waals surface area contributed by atoms with Crippen LogP contribution in [0.4, 0.5) is 0 Å². The standard InChI is InChI=1S/C8H11N3/c9-8-2-1-7(8)6-3-10-5-11-4-6/h3-5,7-8H,1-2,9H2. The Morgan fingerprint density at radius 2 is 2.00 bits per heavy atom. The first-order valence-electron chi connectivity index (χ1n) is 3.88. The minimum atomic E-state index is 0.334. The Labute approximate surface area is 65.7 Å². The van der Waals surface area contributed by atoms with Crippen LogP contribution >= 0.6 is 0 Å². The molecule has 1 heterocycles. The summed E-state index contributed by atoms with van der Waals surface area (Å²) in [6, 6.07) is 0.334. The highest BCUT2D eigenvalue weighted by atomic mass is 14.8. The second kappa shape index (κ2) is 2.58. The molecular weight excluding hydrogens is 138 g/mol. The van der Waals surface area contributed by atoms with E-state index in [2.05, 4.69) is 9.97 Å². The first-order valence-corrected chi connectivity index (χ1v) is 3.88. The average molecular weight is 149 g/mol. The van der Waals surface area contributed by atoms with Gasteiger partial charge in [0.1, 0.15) is 6.33 Å². The van der Waals surface area contributed by atoms with Crippen LogP contribution in [0.2, 0.25) is 0 Å². The summed E-state index contributed by atoms with van der Waals surface area (Å²) >= 11 is 0. The molecule has 0 radical (unpaired) electrons. The molecule has 1 aliphatic rings. The van der Waals surface area contributed by atoms with Crippen LogP contribution in [0.25, 0.3) is 0 Å². The van der Waals surface area contributed by atoms with E-state index in [9.17, 15) is 0 Å². The van der Waals surface area contributed by atoms with E-state index in [0.717, 1.165) is 6.42 Å². The molecular formula is C8H11N3. The molecule has 2 atom stereocenters. The lowest BCUT2D eigenvalue weighted by Gasteiger charge is -2.33. The van der Waals surface area contributed by atoms with Gasteiger partial charge in [-0.05, 0) is 18.4 Å². The Bertz CT molecular complexity index is 234. The molecule has 1 saturated carbocycles. The highest BCUT2D eigenvalue weighted by molar-refractivity contribution is 5.16. The maximum Gasteiger partial charge on any atom is 0.115 e. The third-order valence-electron chi connectivity index (χ3n) is 2.34. The summed E-state index contributed by atoms with van der Waals surface area (Å²) in [6.07, 6.45) is 7.59. The lowest BCUT2D eigenvalue weighted by Crippen LogP contribution is -2.37. The molecule has 2 unspecified atom stereocenters. The topological polar surface area (TPSA) is 51.8 Å². The van der Waals surface area contributed by atoms with Crippen LogP contribution < -0.4 is 5.73 Å². The highest BCUT2D eigenvalue weighted by Gasteiger charge is 2.28. The molecule has 2 rings (SSSR count). The number of hydrogen-bond acceptors (Lipinski definition) is 3. The van der Waals surface area contributed by atoms with E-state index in [-0.39, 0.29) is 0 Å². The zero-order valence-corrected chi connectivity index (χ0v) is 6.27. The average Bonchev–Trinajstić information content (AvgIpc) is 2.04. The van der Waals surface area contributed by atoms with Crippen LogP contribution in [0.3, 0.4) is 0 Å². The van der Waals surface area contributed by atoms with Crippen LogP contribution in [0.15, 0.2) is 18.7 Å². The molecule has 0 amide bonds. The summed E-state index contributed by atoms with van der Waals surface area (Å²) in [5.41, 5.74) is 6.99. The maximum absolute atomic E-state index is 5.80. The van der Waals surface area contributed by atoms with Gasteiger partial charge in [-0.1, -0.05) is 0 Å². The zero-order chi connectivity index (χ0) is 7.68. The van der Waals surface area contributed by atoms with E-state index in [1.807, 2.05) is 12.4 Å². The minimum absolute atomic E-state index is 0.334. The first kappa shape index (κ1) is 6.73. The van der Waals surface area contributed by atoms with Crippen molar-refractivity contribution in [2.75, 3.05) is 0 Å². The van der Waals surface area contributed by atoms with Gasteiger partial charge in [-0.3, -0.25) is 0 Å². The van der Waals surface area contributed by atoms with Gasteiger partial charge in [0.05, 0.1) is 0 Å². The van der Waals surface area contributed by atoms with Crippen LogP contribution in [-0.4, -0.2) is 16.0 Å². The Morgan fingerprint density at radius 1 is 1.27 bits per heavy atom. The molecule has 1 aliphatic carbocycles. The van der Waals surface area contributed by atoms with Crippen molar-refractivity contribution in [3.05, 3.63) is 24.3 Å². The number of aromatic nitrogens is 2. The quantitative estimate of drug-likeness (QED) is 0.638. The van der Waals surface area contributed by atoms with Crippen molar-refractivity contribution in [3.8, 4) is 0 Å². The summed E-state index contributed by atoms with van der Waals surface area (Å²) < 4.78 is 0. The third-order valence-corrected chi connectivity index (χ3v) is 2.34. The summed E-state index contributed by atoms with van der Waals surface area (Å²) in [6.45, 7) is 0. The fourth-order valence-electron chi connectivity index (χ4n) is 1.44. The van der Waals surface area contributed by atoms with Gasteiger partial charge in [-0.15, -0.1) is 0 Å². The van der Waals surface area contributed by atoms with Crippen LogP contribution in [0.5, 0.6) is 0 Å². The summed E-state index contributed by atoms with van der Waals surface area (Å²) in [5.74, 6) is 0.510. The van der Waals surface area contributed by atoms with E-state index in [4.69, 9.17) is 5.73 Å². The van der Waals surface area contributed by atoms with E-state index < -0.39 is 0 Å². The van der Waals surface area contributed by atoms with Gasteiger partial charge in [0.25, 0.3) is 0 Å². The molecule has 1 aromatic heterocycles. The third kappa shape index (κ3) is 1.12. The monoisotopic (exact) mass is 149 g/mol. The Hall–Kier alpha value is -0.960. The van der Waals surface area contributed by atoms with Crippen LogP contribution in [0.1, 0.15) is 24.3 Å². The number of nitrogens with zero attached hydrogens (tertiary/aromatic N) is 2. The number of nitrogens with two attached hydrogens (primary N) is 1. The van der Waals surface area contributed by atoms with Crippen molar-refractivity contribution in [2.45, 2.75) is 24.8 Å². The number of rotatable bonds is 1. The maximum atomic E-state index is 5.80. The second-order valence-corrected chi connectivity index (χ2v) is 3.02. The summed E-state index contributed by atoms with van der Waals surface area (Å²) in [4.78, 5) is 7.91. The molecule has 3 nitrogen and oxygen atoms in total. The smallest absolute Gasteiger partial charge is 0.115 e. The second-order valence-electron chi connectivity index (χ2n) is 3.02. The van der Waals surface area contributed by atoms with Gasteiger partial charge in [0.15, 0.2) is 0 Å². The molecule has 1 aromatic rings. The molecule has 0 saturated heterocycles. The SMILES string of the molecule is NC1CCC1c1cncnc1. The van der Waals surface area contributed by atoms with Crippen molar-refractivity contribution in [2.24, 2.45) is 5.73 Å². The Morgan fingerprint density at radius 3 is 2.45 bits per heavy atom. The van der Waals surface area contributed by atoms with Gasteiger partial charge in [-0.2, -0.15) is 0 Å². The Kier molecular flexibility index (Phi) is 1.58. The van der Waals surface area contributed by atoms with Crippen LogP contribution in [-0.2, 0) is 0 Å².